The number of ether oxygens (including phenoxy) is 2. The summed E-state index contributed by atoms with van der Waals surface area (Å²) in [6.45, 7) is 4.22. The van der Waals surface area contributed by atoms with Crippen LogP contribution < -0.4 is 14.3 Å². The number of furan rings is 1. The summed E-state index contributed by atoms with van der Waals surface area (Å²) in [6, 6.07) is 9.27. The summed E-state index contributed by atoms with van der Waals surface area (Å²) >= 11 is 1.49. The lowest BCUT2D eigenvalue weighted by Gasteiger charge is -2.07. The van der Waals surface area contributed by atoms with E-state index in [1.54, 1.807) is 37.4 Å². The van der Waals surface area contributed by atoms with Crippen molar-refractivity contribution in [1.29, 1.82) is 0 Å². The van der Waals surface area contributed by atoms with Gasteiger partial charge < -0.3 is 13.9 Å². The quantitative estimate of drug-likeness (QED) is 0.470. The highest BCUT2D eigenvalue weighted by atomic mass is 32.1. The molecule has 0 amide bonds. The molecule has 0 saturated heterocycles. The molecule has 3 rings (SSSR count). The molecule has 2 heterocycles. The molecule has 0 fully saturated rings. The summed E-state index contributed by atoms with van der Waals surface area (Å²) in [7, 11) is 3.24. The second-order valence-electron chi connectivity index (χ2n) is 5.17. The van der Waals surface area contributed by atoms with Crippen LogP contribution in [0.5, 0.6) is 11.5 Å². The van der Waals surface area contributed by atoms with Gasteiger partial charge in [-0.25, -0.2) is 4.68 Å². The molecular weight excluding hydrogens is 350 g/mol. The lowest BCUT2D eigenvalue weighted by molar-refractivity contribution is 0.402. The van der Waals surface area contributed by atoms with Crippen LogP contribution in [0.1, 0.15) is 5.56 Å². The van der Waals surface area contributed by atoms with Crippen molar-refractivity contribution in [3.63, 3.8) is 0 Å². The van der Waals surface area contributed by atoms with Gasteiger partial charge in [0.1, 0.15) is 17.2 Å². The van der Waals surface area contributed by atoms with Crippen molar-refractivity contribution in [2.45, 2.75) is 0 Å². The number of methoxy groups -OCH3 is 2. The summed E-state index contributed by atoms with van der Waals surface area (Å²) in [5, 5.41) is 6.57. The third-order valence-electron chi connectivity index (χ3n) is 3.56. The lowest BCUT2D eigenvalue weighted by Crippen LogP contribution is -2.12. The minimum Gasteiger partial charge on any atom is -0.497 e. The van der Waals surface area contributed by atoms with E-state index >= 15 is 0 Å². The van der Waals surface area contributed by atoms with Crippen molar-refractivity contribution < 1.29 is 13.9 Å². The molecule has 0 aliphatic heterocycles. The van der Waals surface area contributed by atoms with Crippen LogP contribution in [0.25, 0.3) is 11.5 Å². The topological polar surface area (TPSA) is 61.2 Å². The van der Waals surface area contributed by atoms with Crippen molar-refractivity contribution in [3.05, 3.63) is 65.0 Å². The molecule has 0 aliphatic carbocycles. The van der Waals surface area contributed by atoms with E-state index in [1.807, 2.05) is 35.7 Å². The van der Waals surface area contributed by atoms with E-state index in [9.17, 15) is 0 Å². The first-order valence-electron chi connectivity index (χ1n) is 7.89. The number of nitrogens with zero attached hydrogens (tertiary/aromatic N) is 3. The first-order valence-corrected chi connectivity index (χ1v) is 8.77. The van der Waals surface area contributed by atoms with Crippen LogP contribution in [0.4, 0.5) is 0 Å². The predicted molar refractivity (Wildman–Crippen MR) is 103 cm³/mol. The van der Waals surface area contributed by atoms with Gasteiger partial charge in [-0.1, -0.05) is 6.08 Å². The van der Waals surface area contributed by atoms with E-state index in [0.29, 0.717) is 12.3 Å². The highest BCUT2D eigenvalue weighted by Gasteiger charge is 2.10. The average Bonchev–Trinajstić information content (AvgIpc) is 3.33. The van der Waals surface area contributed by atoms with Crippen molar-refractivity contribution in [2.24, 2.45) is 10.1 Å². The first kappa shape index (κ1) is 17.8. The van der Waals surface area contributed by atoms with Gasteiger partial charge in [0.2, 0.25) is 4.80 Å². The Labute approximate surface area is 155 Å². The van der Waals surface area contributed by atoms with Gasteiger partial charge >= 0.3 is 0 Å². The van der Waals surface area contributed by atoms with Crippen LogP contribution in [0.3, 0.4) is 0 Å². The molecule has 134 valence electrons. The van der Waals surface area contributed by atoms with Gasteiger partial charge in [-0.05, 0) is 30.3 Å². The molecular formula is C19H19N3O3S. The zero-order valence-electron chi connectivity index (χ0n) is 14.6. The molecule has 0 bridgehead atoms. The second kappa shape index (κ2) is 8.35. The normalized spacial score (nSPS) is 11.8. The summed E-state index contributed by atoms with van der Waals surface area (Å²) in [6.07, 6.45) is 5.09. The van der Waals surface area contributed by atoms with Gasteiger partial charge in [0.25, 0.3) is 0 Å². The van der Waals surface area contributed by atoms with Crippen molar-refractivity contribution >= 4 is 17.6 Å². The largest absolute Gasteiger partial charge is 0.497 e. The van der Waals surface area contributed by atoms with Crippen molar-refractivity contribution in [2.75, 3.05) is 20.8 Å². The number of hydrogen-bond donors (Lipinski definition) is 0. The summed E-state index contributed by atoms with van der Waals surface area (Å²) < 4.78 is 17.9. The smallest absolute Gasteiger partial charge is 0.206 e. The van der Waals surface area contributed by atoms with E-state index in [0.717, 1.165) is 27.6 Å². The Kier molecular flexibility index (Phi) is 5.70. The van der Waals surface area contributed by atoms with Gasteiger partial charge in [-0.15, -0.1) is 17.9 Å². The number of rotatable bonds is 7. The van der Waals surface area contributed by atoms with E-state index in [4.69, 9.17) is 13.9 Å². The van der Waals surface area contributed by atoms with Crippen LogP contribution >= 0.6 is 11.3 Å². The molecule has 7 heteroatoms. The standard InChI is InChI=1S/C19H19N3O3S/c1-4-9-20-19-22(16(13-26-19)18-6-5-10-25-18)21-12-14-11-15(23-2)7-8-17(14)24-3/h4-8,10-13H,1,9H2,2-3H3. The molecule has 0 spiro atoms. The van der Waals surface area contributed by atoms with E-state index in [-0.39, 0.29) is 0 Å². The molecule has 2 aromatic heterocycles. The molecule has 0 atom stereocenters. The highest BCUT2D eigenvalue weighted by Crippen LogP contribution is 2.23. The molecule has 0 saturated carbocycles. The molecule has 0 unspecified atom stereocenters. The highest BCUT2D eigenvalue weighted by molar-refractivity contribution is 7.07. The number of aromatic nitrogens is 1. The van der Waals surface area contributed by atoms with Crippen LogP contribution in [-0.4, -0.2) is 31.7 Å². The molecule has 0 aliphatic rings. The van der Waals surface area contributed by atoms with Crippen LogP contribution in [0, 0.1) is 0 Å². The molecule has 3 aromatic rings. The van der Waals surface area contributed by atoms with Gasteiger partial charge in [0, 0.05) is 10.9 Å². The monoisotopic (exact) mass is 369 g/mol. The minimum absolute atomic E-state index is 0.510. The molecule has 0 N–H and O–H groups in total. The van der Waals surface area contributed by atoms with Crippen molar-refractivity contribution in [1.82, 2.24) is 4.68 Å². The lowest BCUT2D eigenvalue weighted by atomic mass is 10.2. The molecule has 0 radical (unpaired) electrons. The molecule has 6 nitrogen and oxygen atoms in total. The summed E-state index contributed by atoms with van der Waals surface area (Å²) in [4.78, 5) is 5.24. The van der Waals surface area contributed by atoms with Gasteiger partial charge in [-0.3, -0.25) is 4.99 Å². The van der Waals surface area contributed by atoms with Gasteiger partial charge in [-0.2, -0.15) is 5.10 Å². The SMILES string of the molecule is C=CCN=c1scc(-c2ccco2)n1N=Cc1cc(OC)ccc1OC. The number of thiazole rings is 1. The Morgan fingerprint density at radius 1 is 1.27 bits per heavy atom. The number of benzene rings is 1. The average molecular weight is 369 g/mol. The van der Waals surface area contributed by atoms with Crippen LogP contribution in [0.2, 0.25) is 0 Å². The minimum atomic E-state index is 0.510. The first-order chi connectivity index (χ1) is 12.8. The zero-order valence-corrected chi connectivity index (χ0v) is 15.4. The molecule has 1 aromatic carbocycles. The summed E-state index contributed by atoms with van der Waals surface area (Å²) in [5.74, 6) is 2.15. The second-order valence-corrected chi connectivity index (χ2v) is 6.01. The Bertz CT molecular complexity index is 968. The van der Waals surface area contributed by atoms with Gasteiger partial charge in [0.15, 0.2) is 5.76 Å². The maximum atomic E-state index is 5.52. The Hall–Kier alpha value is -3.06. The van der Waals surface area contributed by atoms with Crippen molar-refractivity contribution in [3.8, 4) is 23.0 Å². The maximum absolute atomic E-state index is 5.52. The number of hydrogen-bond acceptors (Lipinski definition) is 6. The van der Waals surface area contributed by atoms with Crippen LogP contribution in [-0.2, 0) is 0 Å². The van der Waals surface area contributed by atoms with E-state index in [2.05, 4.69) is 16.7 Å². The zero-order chi connectivity index (χ0) is 18.4. The maximum Gasteiger partial charge on any atom is 0.206 e. The molecule has 26 heavy (non-hydrogen) atoms. The summed E-state index contributed by atoms with van der Waals surface area (Å²) in [5.41, 5.74) is 1.62. The fourth-order valence-corrected chi connectivity index (χ4v) is 3.14. The Morgan fingerprint density at radius 3 is 2.85 bits per heavy atom. The fraction of sp³-hybridized carbons (Fsp3) is 0.158. The predicted octanol–water partition coefficient (Wildman–Crippen LogP) is 3.80. The van der Waals surface area contributed by atoms with Crippen LogP contribution in [0.15, 0.2) is 69.1 Å². The third kappa shape index (κ3) is 3.78. The fourth-order valence-electron chi connectivity index (χ4n) is 2.32. The van der Waals surface area contributed by atoms with Gasteiger partial charge in [0.05, 0.1) is 33.2 Å². The Morgan fingerprint density at radius 2 is 2.15 bits per heavy atom. The van der Waals surface area contributed by atoms with E-state index < -0.39 is 0 Å². The van der Waals surface area contributed by atoms with E-state index in [1.165, 1.54) is 11.3 Å². The Balaban J connectivity index is 2.07. The third-order valence-corrected chi connectivity index (χ3v) is 4.42.